The Morgan fingerprint density at radius 1 is 1.25 bits per heavy atom. The van der Waals surface area contributed by atoms with Gasteiger partial charge >= 0.3 is 0 Å². The van der Waals surface area contributed by atoms with E-state index in [1.54, 1.807) is 13.1 Å². The molecule has 0 radical (unpaired) electrons. The van der Waals surface area contributed by atoms with Crippen molar-refractivity contribution in [3.8, 4) is 0 Å². The van der Waals surface area contributed by atoms with E-state index in [1.165, 1.54) is 26.5 Å². The predicted molar refractivity (Wildman–Crippen MR) is 93.8 cm³/mol. The molecule has 130 valence electrons. The SMILES string of the molecule is Cn1cnc2c(c1=O)CCN(S(=O)(=O)c1ccc(C(C)(C)C)s1)C2. The fraction of sp³-hybridized carbons (Fsp3) is 0.500. The van der Waals surface area contributed by atoms with Gasteiger partial charge in [-0.15, -0.1) is 11.3 Å². The lowest BCUT2D eigenvalue weighted by molar-refractivity contribution is 0.383. The van der Waals surface area contributed by atoms with Crippen LogP contribution in [-0.4, -0.2) is 28.8 Å². The number of aromatic nitrogens is 2. The lowest BCUT2D eigenvalue weighted by Gasteiger charge is -2.26. The fourth-order valence-corrected chi connectivity index (χ4v) is 5.61. The van der Waals surface area contributed by atoms with Gasteiger partial charge in [0.15, 0.2) is 0 Å². The molecule has 1 aliphatic rings. The van der Waals surface area contributed by atoms with E-state index in [1.807, 2.05) is 6.07 Å². The first-order valence-electron chi connectivity index (χ1n) is 7.74. The third-order valence-electron chi connectivity index (χ3n) is 4.17. The van der Waals surface area contributed by atoms with Gasteiger partial charge in [-0.05, 0) is 24.0 Å². The van der Waals surface area contributed by atoms with Gasteiger partial charge < -0.3 is 4.57 Å². The molecule has 6 nitrogen and oxygen atoms in total. The Morgan fingerprint density at radius 3 is 2.58 bits per heavy atom. The van der Waals surface area contributed by atoms with E-state index in [9.17, 15) is 13.2 Å². The van der Waals surface area contributed by atoms with E-state index in [0.29, 0.717) is 28.4 Å². The highest BCUT2D eigenvalue weighted by Gasteiger charge is 2.32. The number of thiophene rings is 1. The molecule has 2 aromatic rings. The van der Waals surface area contributed by atoms with Crippen molar-refractivity contribution in [3.05, 3.63) is 44.9 Å². The van der Waals surface area contributed by atoms with Crippen molar-refractivity contribution in [1.29, 1.82) is 0 Å². The van der Waals surface area contributed by atoms with Crippen molar-refractivity contribution in [3.63, 3.8) is 0 Å². The Hall–Kier alpha value is -1.51. The Labute approximate surface area is 145 Å². The standard InChI is InChI=1S/C16H21N3O3S2/c1-16(2,3)13-5-6-14(23-13)24(21,22)19-8-7-11-12(9-19)17-10-18(4)15(11)20/h5-6,10H,7-9H2,1-4H3. The van der Waals surface area contributed by atoms with Crippen LogP contribution in [-0.2, 0) is 35.5 Å². The summed E-state index contributed by atoms with van der Waals surface area (Å²) in [6, 6.07) is 3.55. The number of fused-ring (bicyclic) bond motifs is 1. The average molecular weight is 367 g/mol. The lowest BCUT2D eigenvalue weighted by Crippen LogP contribution is -2.39. The summed E-state index contributed by atoms with van der Waals surface area (Å²) in [5, 5.41) is 0. The van der Waals surface area contributed by atoms with E-state index in [4.69, 9.17) is 0 Å². The highest BCUT2D eigenvalue weighted by Crippen LogP contribution is 2.34. The summed E-state index contributed by atoms with van der Waals surface area (Å²) in [6.45, 7) is 6.64. The molecular weight excluding hydrogens is 346 g/mol. The summed E-state index contributed by atoms with van der Waals surface area (Å²) < 4.78 is 29.0. The third kappa shape index (κ3) is 2.94. The molecule has 0 N–H and O–H groups in total. The Bertz CT molecular complexity index is 936. The second kappa shape index (κ2) is 5.79. The minimum atomic E-state index is -3.56. The summed E-state index contributed by atoms with van der Waals surface area (Å²) in [7, 11) is -1.91. The van der Waals surface area contributed by atoms with Crippen LogP contribution >= 0.6 is 11.3 Å². The van der Waals surface area contributed by atoms with Gasteiger partial charge in [0.1, 0.15) is 4.21 Å². The molecule has 0 aliphatic carbocycles. The molecule has 3 heterocycles. The summed E-state index contributed by atoms with van der Waals surface area (Å²) in [5.41, 5.74) is 0.998. The molecule has 0 amide bonds. The van der Waals surface area contributed by atoms with Crippen LogP contribution in [0.1, 0.15) is 36.9 Å². The number of rotatable bonds is 2. The topological polar surface area (TPSA) is 72.3 Å². The maximum absolute atomic E-state index is 12.9. The van der Waals surface area contributed by atoms with Crippen LogP contribution in [0.5, 0.6) is 0 Å². The Balaban J connectivity index is 1.93. The zero-order valence-corrected chi connectivity index (χ0v) is 15.9. The molecule has 24 heavy (non-hydrogen) atoms. The first kappa shape index (κ1) is 17.3. The fourth-order valence-electron chi connectivity index (χ4n) is 2.69. The van der Waals surface area contributed by atoms with Gasteiger partial charge in [-0.1, -0.05) is 20.8 Å². The molecule has 2 aromatic heterocycles. The van der Waals surface area contributed by atoms with E-state index in [0.717, 1.165) is 4.88 Å². The van der Waals surface area contributed by atoms with Crippen molar-refractivity contribution < 1.29 is 8.42 Å². The minimum Gasteiger partial charge on any atom is -0.302 e. The third-order valence-corrected chi connectivity index (χ3v) is 7.99. The number of hydrogen-bond acceptors (Lipinski definition) is 5. The van der Waals surface area contributed by atoms with Crippen molar-refractivity contribution in [1.82, 2.24) is 13.9 Å². The van der Waals surface area contributed by atoms with Crippen LogP contribution in [0.3, 0.4) is 0 Å². The quantitative estimate of drug-likeness (QED) is 0.812. The van der Waals surface area contributed by atoms with Crippen LogP contribution < -0.4 is 5.56 Å². The van der Waals surface area contributed by atoms with Crippen LogP contribution in [0.4, 0.5) is 0 Å². The van der Waals surface area contributed by atoms with Crippen LogP contribution in [0, 0.1) is 0 Å². The molecule has 1 aliphatic heterocycles. The second-order valence-corrected chi connectivity index (χ2v) is 10.3. The number of hydrogen-bond donors (Lipinski definition) is 0. The molecule has 0 fully saturated rings. The smallest absolute Gasteiger partial charge is 0.256 e. The van der Waals surface area contributed by atoms with Gasteiger partial charge in [0.25, 0.3) is 15.6 Å². The van der Waals surface area contributed by atoms with Crippen LogP contribution in [0.15, 0.2) is 27.5 Å². The maximum Gasteiger partial charge on any atom is 0.256 e. The van der Waals surface area contributed by atoms with Gasteiger partial charge in [-0.25, -0.2) is 13.4 Å². The monoisotopic (exact) mass is 367 g/mol. The molecule has 3 rings (SSSR count). The van der Waals surface area contributed by atoms with Crippen molar-refractivity contribution >= 4 is 21.4 Å². The largest absolute Gasteiger partial charge is 0.302 e. The van der Waals surface area contributed by atoms with E-state index >= 15 is 0 Å². The zero-order chi connectivity index (χ0) is 17.7. The minimum absolute atomic E-state index is 0.0826. The second-order valence-electron chi connectivity index (χ2n) is 7.04. The first-order chi connectivity index (χ1) is 11.1. The first-order valence-corrected chi connectivity index (χ1v) is 10.0. The van der Waals surface area contributed by atoms with E-state index in [-0.39, 0.29) is 17.5 Å². The molecular formula is C16H21N3O3S2. The molecule has 0 unspecified atom stereocenters. The Kier molecular flexibility index (Phi) is 4.17. The summed E-state index contributed by atoms with van der Waals surface area (Å²) in [5.74, 6) is 0. The van der Waals surface area contributed by atoms with Gasteiger partial charge in [0.2, 0.25) is 0 Å². The zero-order valence-electron chi connectivity index (χ0n) is 14.2. The highest BCUT2D eigenvalue weighted by atomic mass is 32.2. The maximum atomic E-state index is 12.9. The lowest BCUT2D eigenvalue weighted by atomic mass is 9.95. The summed E-state index contributed by atoms with van der Waals surface area (Å²) >= 11 is 1.31. The van der Waals surface area contributed by atoms with Crippen LogP contribution in [0.2, 0.25) is 0 Å². The van der Waals surface area contributed by atoms with Crippen molar-refractivity contribution in [2.24, 2.45) is 7.05 Å². The van der Waals surface area contributed by atoms with Crippen molar-refractivity contribution in [2.45, 2.75) is 43.4 Å². The van der Waals surface area contributed by atoms with E-state index in [2.05, 4.69) is 25.8 Å². The number of nitrogens with zero attached hydrogens (tertiary/aromatic N) is 3. The van der Waals surface area contributed by atoms with Crippen molar-refractivity contribution in [2.75, 3.05) is 6.54 Å². The highest BCUT2D eigenvalue weighted by molar-refractivity contribution is 7.91. The van der Waals surface area contributed by atoms with Gasteiger partial charge in [-0.3, -0.25) is 4.79 Å². The molecule has 8 heteroatoms. The van der Waals surface area contributed by atoms with Gasteiger partial charge in [-0.2, -0.15) is 4.31 Å². The van der Waals surface area contributed by atoms with E-state index < -0.39 is 10.0 Å². The molecule has 0 atom stereocenters. The van der Waals surface area contributed by atoms with Gasteiger partial charge in [0, 0.05) is 24.0 Å². The molecule has 0 aromatic carbocycles. The molecule has 0 saturated carbocycles. The number of aryl methyl sites for hydroxylation is 1. The molecule has 0 bridgehead atoms. The summed E-state index contributed by atoms with van der Waals surface area (Å²) in [6.07, 6.45) is 1.84. The Morgan fingerprint density at radius 2 is 1.96 bits per heavy atom. The number of sulfonamides is 1. The van der Waals surface area contributed by atoms with Crippen LogP contribution in [0.25, 0.3) is 0 Å². The normalized spacial score (nSPS) is 16.2. The molecule has 0 spiro atoms. The van der Waals surface area contributed by atoms with Gasteiger partial charge in [0.05, 0.1) is 18.6 Å². The summed E-state index contributed by atoms with van der Waals surface area (Å²) in [4.78, 5) is 17.4. The average Bonchev–Trinajstić information content (AvgIpc) is 3.01. The molecule has 0 saturated heterocycles. The predicted octanol–water partition coefficient (Wildman–Crippen LogP) is 1.89.